The van der Waals surface area contributed by atoms with E-state index in [1.807, 2.05) is 19.1 Å². The van der Waals surface area contributed by atoms with E-state index in [2.05, 4.69) is 28.9 Å². The first-order chi connectivity index (χ1) is 9.07. The van der Waals surface area contributed by atoms with E-state index in [1.165, 1.54) is 32.1 Å². The first-order valence-electron chi connectivity index (χ1n) is 7.24. The van der Waals surface area contributed by atoms with E-state index in [1.54, 1.807) is 0 Å². The van der Waals surface area contributed by atoms with E-state index in [-0.39, 0.29) is 11.5 Å². The van der Waals surface area contributed by atoms with Crippen LogP contribution in [0.2, 0.25) is 0 Å². The molecule has 0 aromatic heterocycles. The van der Waals surface area contributed by atoms with Crippen LogP contribution in [-0.2, 0) is 0 Å². The Morgan fingerprint density at radius 2 is 2.00 bits per heavy atom. The van der Waals surface area contributed by atoms with E-state index in [0.29, 0.717) is 6.61 Å². The quantitative estimate of drug-likeness (QED) is 0.861. The van der Waals surface area contributed by atoms with Crippen molar-refractivity contribution in [3.63, 3.8) is 0 Å². The molecule has 1 fully saturated rings. The van der Waals surface area contributed by atoms with Gasteiger partial charge in [0.05, 0.1) is 6.61 Å². The lowest BCUT2D eigenvalue weighted by molar-refractivity contribution is 0.167. The molecule has 0 aliphatic heterocycles. The minimum atomic E-state index is 0.0480. The van der Waals surface area contributed by atoms with Gasteiger partial charge in [-0.05, 0) is 43.4 Å². The van der Waals surface area contributed by atoms with E-state index in [0.717, 1.165) is 15.8 Å². The fourth-order valence-corrected chi connectivity index (χ4v) is 3.47. The van der Waals surface area contributed by atoms with Crippen molar-refractivity contribution in [1.82, 2.24) is 0 Å². The SMILES string of the molecule is CCOc1ccc(Br)cc1C(N)C1(C)CCCCC1. The van der Waals surface area contributed by atoms with Gasteiger partial charge in [-0.1, -0.05) is 42.1 Å². The molecule has 1 atom stereocenters. The highest BCUT2D eigenvalue weighted by molar-refractivity contribution is 9.10. The molecular weight excluding hydrogens is 302 g/mol. The number of halogens is 1. The molecule has 2 N–H and O–H groups in total. The molecule has 106 valence electrons. The Kier molecular flexibility index (Phi) is 4.91. The highest BCUT2D eigenvalue weighted by Crippen LogP contribution is 2.46. The molecule has 0 spiro atoms. The number of ether oxygens (including phenoxy) is 1. The number of benzene rings is 1. The van der Waals surface area contributed by atoms with Crippen LogP contribution in [0.15, 0.2) is 22.7 Å². The molecule has 3 heteroatoms. The van der Waals surface area contributed by atoms with Crippen LogP contribution in [0.3, 0.4) is 0 Å². The van der Waals surface area contributed by atoms with Gasteiger partial charge in [0.1, 0.15) is 5.75 Å². The van der Waals surface area contributed by atoms with Crippen LogP contribution in [0.1, 0.15) is 57.6 Å². The van der Waals surface area contributed by atoms with Gasteiger partial charge in [0.15, 0.2) is 0 Å². The summed E-state index contributed by atoms with van der Waals surface area (Å²) in [6.45, 7) is 5.02. The maximum absolute atomic E-state index is 6.60. The van der Waals surface area contributed by atoms with Crippen LogP contribution in [0, 0.1) is 5.41 Å². The van der Waals surface area contributed by atoms with Crippen molar-refractivity contribution in [2.75, 3.05) is 6.61 Å². The second kappa shape index (κ2) is 6.27. The molecule has 1 unspecified atom stereocenters. The first kappa shape index (κ1) is 14.9. The minimum absolute atomic E-state index is 0.0480. The van der Waals surface area contributed by atoms with Crippen LogP contribution in [-0.4, -0.2) is 6.61 Å². The molecule has 1 aromatic carbocycles. The third-order valence-electron chi connectivity index (χ3n) is 4.35. The van der Waals surface area contributed by atoms with Crippen LogP contribution in [0.25, 0.3) is 0 Å². The Morgan fingerprint density at radius 3 is 2.63 bits per heavy atom. The zero-order valence-corrected chi connectivity index (χ0v) is 13.5. The van der Waals surface area contributed by atoms with Gasteiger partial charge >= 0.3 is 0 Å². The van der Waals surface area contributed by atoms with Crippen molar-refractivity contribution in [3.05, 3.63) is 28.2 Å². The van der Waals surface area contributed by atoms with Crippen LogP contribution in [0.4, 0.5) is 0 Å². The van der Waals surface area contributed by atoms with Gasteiger partial charge in [0, 0.05) is 16.1 Å². The third kappa shape index (κ3) is 3.32. The summed E-state index contributed by atoms with van der Waals surface area (Å²) in [4.78, 5) is 0. The summed E-state index contributed by atoms with van der Waals surface area (Å²) in [7, 11) is 0. The summed E-state index contributed by atoms with van der Waals surface area (Å²) < 4.78 is 6.82. The van der Waals surface area contributed by atoms with Gasteiger partial charge in [0.25, 0.3) is 0 Å². The molecule has 0 heterocycles. The van der Waals surface area contributed by atoms with Gasteiger partial charge in [-0.25, -0.2) is 0 Å². The first-order valence-corrected chi connectivity index (χ1v) is 8.04. The van der Waals surface area contributed by atoms with Crippen molar-refractivity contribution >= 4 is 15.9 Å². The molecule has 1 aliphatic carbocycles. The highest BCUT2D eigenvalue weighted by atomic mass is 79.9. The smallest absolute Gasteiger partial charge is 0.124 e. The van der Waals surface area contributed by atoms with Crippen molar-refractivity contribution in [3.8, 4) is 5.75 Å². The highest BCUT2D eigenvalue weighted by Gasteiger charge is 2.35. The van der Waals surface area contributed by atoms with E-state index < -0.39 is 0 Å². The van der Waals surface area contributed by atoms with Gasteiger partial charge in [0.2, 0.25) is 0 Å². The van der Waals surface area contributed by atoms with Crippen molar-refractivity contribution in [2.45, 2.75) is 52.0 Å². The molecule has 1 aliphatic rings. The molecule has 1 aromatic rings. The summed E-state index contributed by atoms with van der Waals surface area (Å²) in [6, 6.07) is 6.21. The summed E-state index contributed by atoms with van der Waals surface area (Å²) in [5.74, 6) is 0.935. The van der Waals surface area contributed by atoms with E-state index in [9.17, 15) is 0 Å². The Labute approximate surface area is 124 Å². The predicted molar refractivity (Wildman–Crippen MR) is 83.4 cm³/mol. The molecule has 19 heavy (non-hydrogen) atoms. The lowest BCUT2D eigenvalue weighted by Gasteiger charge is -2.39. The monoisotopic (exact) mass is 325 g/mol. The van der Waals surface area contributed by atoms with Crippen LogP contribution in [0.5, 0.6) is 5.75 Å². The van der Waals surface area contributed by atoms with E-state index in [4.69, 9.17) is 10.5 Å². The van der Waals surface area contributed by atoms with Crippen molar-refractivity contribution in [1.29, 1.82) is 0 Å². The molecule has 0 bridgehead atoms. The topological polar surface area (TPSA) is 35.2 Å². The molecule has 2 rings (SSSR count). The second-order valence-corrected chi connectivity index (χ2v) is 6.72. The van der Waals surface area contributed by atoms with Crippen molar-refractivity contribution in [2.24, 2.45) is 11.1 Å². The normalized spacial score (nSPS) is 20.0. The largest absolute Gasteiger partial charge is 0.494 e. The maximum atomic E-state index is 6.60. The number of hydrogen-bond acceptors (Lipinski definition) is 2. The number of nitrogens with two attached hydrogens (primary N) is 1. The molecule has 2 nitrogen and oxygen atoms in total. The molecular formula is C16H24BrNO. The van der Waals surface area contributed by atoms with Crippen LogP contribution >= 0.6 is 15.9 Å². The average Bonchev–Trinajstić information content (AvgIpc) is 2.41. The lowest BCUT2D eigenvalue weighted by atomic mass is 9.69. The molecule has 0 saturated heterocycles. The number of rotatable bonds is 4. The summed E-state index contributed by atoms with van der Waals surface area (Å²) >= 11 is 3.55. The Bertz CT molecular complexity index is 427. The molecule has 1 saturated carbocycles. The lowest BCUT2D eigenvalue weighted by Crippen LogP contribution is -2.34. The Morgan fingerprint density at radius 1 is 1.32 bits per heavy atom. The van der Waals surface area contributed by atoms with E-state index >= 15 is 0 Å². The summed E-state index contributed by atoms with van der Waals surface area (Å²) in [5, 5.41) is 0. The maximum Gasteiger partial charge on any atom is 0.124 e. The fraction of sp³-hybridized carbons (Fsp3) is 0.625. The Balaban J connectivity index is 2.30. The van der Waals surface area contributed by atoms with Crippen molar-refractivity contribution < 1.29 is 4.74 Å². The standard InChI is InChI=1S/C16H24BrNO/c1-3-19-14-8-7-12(17)11-13(14)15(18)16(2)9-5-4-6-10-16/h7-8,11,15H,3-6,9-10,18H2,1-2H3. The van der Waals surface area contributed by atoms with Gasteiger partial charge in [-0.15, -0.1) is 0 Å². The number of hydrogen-bond donors (Lipinski definition) is 1. The minimum Gasteiger partial charge on any atom is -0.494 e. The molecule has 0 amide bonds. The van der Waals surface area contributed by atoms with Gasteiger partial charge in [-0.3, -0.25) is 0 Å². The summed E-state index contributed by atoms with van der Waals surface area (Å²) in [5.41, 5.74) is 7.94. The summed E-state index contributed by atoms with van der Waals surface area (Å²) in [6.07, 6.45) is 6.36. The Hall–Kier alpha value is -0.540. The molecule has 0 radical (unpaired) electrons. The van der Waals surface area contributed by atoms with Gasteiger partial charge in [-0.2, -0.15) is 0 Å². The van der Waals surface area contributed by atoms with Gasteiger partial charge < -0.3 is 10.5 Å². The zero-order chi connectivity index (χ0) is 13.9. The fourth-order valence-electron chi connectivity index (χ4n) is 3.10. The van der Waals surface area contributed by atoms with Crippen LogP contribution < -0.4 is 10.5 Å². The average molecular weight is 326 g/mol. The third-order valence-corrected chi connectivity index (χ3v) is 4.85. The predicted octanol–water partition coefficient (Wildman–Crippen LogP) is 4.82. The zero-order valence-electron chi connectivity index (χ0n) is 11.9. The second-order valence-electron chi connectivity index (χ2n) is 5.81.